The third-order valence-corrected chi connectivity index (χ3v) is 6.92. The molecule has 4 saturated carbocycles. The van der Waals surface area contributed by atoms with E-state index in [9.17, 15) is 14.7 Å². The first-order valence-electron chi connectivity index (χ1n) is 8.06. The van der Waals surface area contributed by atoms with Crippen molar-refractivity contribution in [3.05, 3.63) is 26.6 Å². The molecule has 4 bridgehead atoms. The summed E-state index contributed by atoms with van der Waals surface area (Å²) in [7, 11) is 0. The quantitative estimate of drug-likeness (QED) is 0.902. The number of carboxylic acids is 1. The fraction of sp³-hybridized carbons (Fsp3) is 0.688. The standard InChI is InChI=1S/C16H18Cl2N2O3/c17-12-7-19-20(15(23)14(12)18)16-5-8-1-9(6-16)3-10(2-8)11(16)4-13(21)22/h7-11H,1-6H2,(H,21,22)/t8-,9+,10?,11-,16?/m0/s1. The van der Waals surface area contributed by atoms with Gasteiger partial charge in [-0.2, -0.15) is 5.10 Å². The van der Waals surface area contributed by atoms with Crippen molar-refractivity contribution < 1.29 is 9.90 Å². The molecule has 4 aliphatic rings. The maximum atomic E-state index is 12.7. The number of hydrogen-bond donors (Lipinski definition) is 1. The summed E-state index contributed by atoms with van der Waals surface area (Å²) in [6.07, 6.45) is 6.47. The molecular formula is C16H18Cl2N2O3. The molecule has 7 heteroatoms. The Kier molecular flexibility index (Phi) is 3.50. The fourth-order valence-corrected chi connectivity index (χ4v) is 5.96. The van der Waals surface area contributed by atoms with Crippen molar-refractivity contribution in [2.75, 3.05) is 0 Å². The lowest BCUT2D eigenvalue weighted by Crippen LogP contribution is -2.61. The summed E-state index contributed by atoms with van der Waals surface area (Å²) in [6.45, 7) is 0. The summed E-state index contributed by atoms with van der Waals surface area (Å²) in [5, 5.41) is 13.8. The van der Waals surface area contributed by atoms with Crippen LogP contribution in [0.25, 0.3) is 0 Å². The van der Waals surface area contributed by atoms with Crippen molar-refractivity contribution in [1.29, 1.82) is 0 Å². The van der Waals surface area contributed by atoms with Crippen molar-refractivity contribution >= 4 is 29.2 Å². The van der Waals surface area contributed by atoms with Gasteiger partial charge in [0.25, 0.3) is 5.56 Å². The molecule has 5 atom stereocenters. The predicted octanol–water partition coefficient (Wildman–Crippen LogP) is 3.18. The molecule has 124 valence electrons. The number of aliphatic carboxylic acids is 1. The van der Waals surface area contributed by atoms with Crippen LogP contribution in [0.1, 0.15) is 38.5 Å². The lowest BCUT2D eigenvalue weighted by atomic mass is 9.48. The average Bonchev–Trinajstić information content (AvgIpc) is 2.47. The van der Waals surface area contributed by atoms with E-state index in [1.54, 1.807) is 0 Å². The van der Waals surface area contributed by atoms with Crippen LogP contribution in [0.2, 0.25) is 10.0 Å². The average molecular weight is 357 g/mol. The minimum atomic E-state index is -0.810. The van der Waals surface area contributed by atoms with Crippen molar-refractivity contribution in [1.82, 2.24) is 9.78 Å². The van der Waals surface area contributed by atoms with Crippen LogP contribution in [0.4, 0.5) is 0 Å². The Morgan fingerprint density at radius 2 is 1.96 bits per heavy atom. The van der Waals surface area contributed by atoms with Crippen LogP contribution in [0, 0.1) is 23.7 Å². The van der Waals surface area contributed by atoms with E-state index in [4.69, 9.17) is 23.2 Å². The van der Waals surface area contributed by atoms with Gasteiger partial charge in [0.05, 0.1) is 23.2 Å². The predicted molar refractivity (Wildman–Crippen MR) is 85.8 cm³/mol. The van der Waals surface area contributed by atoms with Crippen LogP contribution in [0.5, 0.6) is 0 Å². The van der Waals surface area contributed by atoms with Crippen molar-refractivity contribution in [3.8, 4) is 0 Å². The third kappa shape index (κ3) is 2.23. The highest BCUT2D eigenvalue weighted by Gasteiger charge is 2.59. The van der Waals surface area contributed by atoms with Crippen LogP contribution in [-0.2, 0) is 10.3 Å². The fourth-order valence-electron chi connectivity index (χ4n) is 5.71. The number of carbonyl (C=O) groups is 1. The van der Waals surface area contributed by atoms with Crippen molar-refractivity contribution in [2.45, 2.75) is 44.1 Å². The van der Waals surface area contributed by atoms with Gasteiger partial charge in [-0.25, -0.2) is 4.68 Å². The highest BCUT2D eigenvalue weighted by Crippen LogP contribution is 2.62. The van der Waals surface area contributed by atoms with Gasteiger partial charge in [-0.3, -0.25) is 9.59 Å². The molecular weight excluding hydrogens is 339 g/mol. The van der Waals surface area contributed by atoms with E-state index < -0.39 is 17.1 Å². The molecule has 0 aliphatic heterocycles. The van der Waals surface area contributed by atoms with E-state index in [2.05, 4.69) is 5.10 Å². The summed E-state index contributed by atoms with van der Waals surface area (Å²) in [6, 6.07) is 0. The molecule has 23 heavy (non-hydrogen) atoms. The molecule has 1 heterocycles. The number of carboxylic acid groups (broad SMARTS) is 1. The molecule has 0 aromatic carbocycles. The zero-order chi connectivity index (χ0) is 16.4. The van der Waals surface area contributed by atoms with E-state index in [1.807, 2.05) is 0 Å². The monoisotopic (exact) mass is 356 g/mol. The Balaban J connectivity index is 1.87. The number of hydrogen-bond acceptors (Lipinski definition) is 3. The molecule has 4 aliphatic carbocycles. The summed E-state index contributed by atoms with van der Waals surface area (Å²) < 4.78 is 1.47. The normalized spacial score (nSPS) is 38.0. The van der Waals surface area contributed by atoms with E-state index in [1.165, 1.54) is 17.3 Å². The van der Waals surface area contributed by atoms with Gasteiger partial charge in [0.2, 0.25) is 0 Å². The zero-order valence-corrected chi connectivity index (χ0v) is 14.1. The molecule has 1 aromatic rings. The largest absolute Gasteiger partial charge is 0.481 e. The summed E-state index contributed by atoms with van der Waals surface area (Å²) >= 11 is 12.0. The number of halogens is 2. The van der Waals surface area contributed by atoms with Crippen LogP contribution >= 0.6 is 23.2 Å². The molecule has 1 N–H and O–H groups in total. The third-order valence-electron chi connectivity index (χ3n) is 6.18. The maximum Gasteiger partial charge on any atom is 0.303 e. The molecule has 4 fully saturated rings. The first-order chi connectivity index (χ1) is 10.9. The Hall–Kier alpha value is -1.07. The molecule has 5 rings (SSSR count). The SMILES string of the molecule is O=C(O)C[C@H]1C2C[C@@H]3C[C@H](C2)CC1(n1ncc(Cl)c(Cl)c1=O)C3. The zero-order valence-electron chi connectivity index (χ0n) is 12.5. The first kappa shape index (κ1) is 15.5. The number of nitrogens with zero attached hydrogens (tertiary/aromatic N) is 2. The minimum absolute atomic E-state index is 0.0218. The lowest BCUT2D eigenvalue weighted by molar-refractivity contribution is -0.149. The summed E-state index contributed by atoms with van der Waals surface area (Å²) in [5.74, 6) is 0.604. The second kappa shape index (κ2) is 5.21. The van der Waals surface area contributed by atoms with E-state index in [0.29, 0.717) is 17.8 Å². The van der Waals surface area contributed by atoms with E-state index in [-0.39, 0.29) is 22.4 Å². The molecule has 1 aromatic heterocycles. The van der Waals surface area contributed by atoms with E-state index in [0.717, 1.165) is 25.7 Å². The molecule has 0 spiro atoms. The smallest absolute Gasteiger partial charge is 0.303 e. The lowest BCUT2D eigenvalue weighted by Gasteiger charge is -2.60. The summed E-state index contributed by atoms with van der Waals surface area (Å²) in [5.41, 5.74) is -0.908. The van der Waals surface area contributed by atoms with E-state index >= 15 is 0 Å². The molecule has 2 unspecified atom stereocenters. The van der Waals surface area contributed by atoms with Crippen LogP contribution in [0.15, 0.2) is 11.0 Å². The van der Waals surface area contributed by atoms with Crippen molar-refractivity contribution in [3.63, 3.8) is 0 Å². The Labute approximate surface area is 143 Å². The maximum absolute atomic E-state index is 12.7. The van der Waals surface area contributed by atoms with Crippen LogP contribution in [0.3, 0.4) is 0 Å². The van der Waals surface area contributed by atoms with Gasteiger partial charge in [0.1, 0.15) is 5.02 Å². The Morgan fingerprint density at radius 3 is 2.57 bits per heavy atom. The highest BCUT2D eigenvalue weighted by atomic mass is 35.5. The van der Waals surface area contributed by atoms with Crippen LogP contribution in [-0.4, -0.2) is 20.9 Å². The number of rotatable bonds is 3. The molecule has 0 amide bonds. The van der Waals surface area contributed by atoms with Crippen molar-refractivity contribution in [2.24, 2.45) is 23.7 Å². The van der Waals surface area contributed by atoms with Gasteiger partial charge >= 0.3 is 5.97 Å². The highest BCUT2D eigenvalue weighted by molar-refractivity contribution is 6.41. The van der Waals surface area contributed by atoms with Gasteiger partial charge in [-0.1, -0.05) is 23.2 Å². The number of aromatic nitrogens is 2. The van der Waals surface area contributed by atoms with Gasteiger partial charge in [-0.15, -0.1) is 0 Å². The topological polar surface area (TPSA) is 72.2 Å². The Morgan fingerprint density at radius 1 is 1.30 bits per heavy atom. The van der Waals surface area contributed by atoms with Gasteiger partial charge in [0, 0.05) is 0 Å². The molecule has 0 saturated heterocycles. The molecule has 5 nitrogen and oxygen atoms in total. The summed E-state index contributed by atoms with van der Waals surface area (Å²) in [4.78, 5) is 24.1. The first-order valence-corrected chi connectivity index (χ1v) is 8.82. The second-order valence-electron chi connectivity index (χ2n) is 7.44. The minimum Gasteiger partial charge on any atom is -0.481 e. The molecule has 0 radical (unpaired) electrons. The van der Waals surface area contributed by atoms with Gasteiger partial charge in [0.15, 0.2) is 0 Å². The Bertz CT molecular complexity index is 719. The van der Waals surface area contributed by atoms with Gasteiger partial charge in [-0.05, 0) is 55.8 Å². The van der Waals surface area contributed by atoms with Gasteiger partial charge < -0.3 is 5.11 Å². The second-order valence-corrected chi connectivity index (χ2v) is 8.22. The van der Waals surface area contributed by atoms with Crippen LogP contribution < -0.4 is 5.56 Å².